The van der Waals surface area contributed by atoms with Gasteiger partial charge in [0.05, 0.1) is 0 Å². The summed E-state index contributed by atoms with van der Waals surface area (Å²) in [7, 11) is 0. The highest BCUT2D eigenvalue weighted by Gasteiger charge is 2.31. The molecular weight excluding hydrogens is 787 g/mol. The molecule has 0 heterocycles. The van der Waals surface area contributed by atoms with Crippen LogP contribution < -0.4 is 38.5 Å². The van der Waals surface area contributed by atoms with Crippen LogP contribution in [0.25, 0.3) is 10.8 Å². The van der Waals surface area contributed by atoms with Crippen molar-refractivity contribution in [3.63, 3.8) is 0 Å². The van der Waals surface area contributed by atoms with Gasteiger partial charge in [0.1, 0.15) is 24.2 Å². The Bertz CT molecular complexity index is 1920. The molecule has 4 rings (SSSR count). The SMILES string of the molecule is CC(=O)N[C@@H](Cc1ccc2ccccc2c1)C(=O)N[C@@H](CCCN=C(N)N)C(=O)N[C@H](Cc1ccc(I)cc1)C(=O)N[C@@H](Cc1ccccc1)C(N)=O. The standard InChI is InChI=1S/C39H45IN8O5/c1-24(49)45-33(23-27-13-16-28-10-5-6-11-29(28)20-27)37(52)46-31(12-7-19-44-39(42)43)36(51)48-34(22-26-14-17-30(40)18-15-26)38(53)47-32(35(41)50)21-25-8-3-2-4-9-25/h2-6,8-11,13-18,20,31-34H,7,12,19,21-23H2,1H3,(H2,41,50)(H,45,49)(H,46,52)(H,47,53)(H,48,51)(H4,42,43,44)/t31-,32-,33-,34+/m0/s1. The summed E-state index contributed by atoms with van der Waals surface area (Å²) >= 11 is 2.17. The Morgan fingerprint density at radius 1 is 0.604 bits per heavy atom. The molecule has 53 heavy (non-hydrogen) atoms. The van der Waals surface area contributed by atoms with Crippen LogP contribution in [0.3, 0.4) is 0 Å². The van der Waals surface area contributed by atoms with Crippen molar-refractivity contribution in [1.82, 2.24) is 21.3 Å². The fraction of sp³-hybridized carbons (Fsp3) is 0.282. The van der Waals surface area contributed by atoms with Crippen molar-refractivity contribution in [3.05, 3.63) is 117 Å². The molecule has 0 spiro atoms. The van der Waals surface area contributed by atoms with Gasteiger partial charge in [-0.25, -0.2) is 0 Å². The van der Waals surface area contributed by atoms with Crippen molar-refractivity contribution in [2.24, 2.45) is 22.2 Å². The van der Waals surface area contributed by atoms with Crippen LogP contribution in [0.4, 0.5) is 0 Å². The molecule has 0 aliphatic rings. The maximum absolute atomic E-state index is 14.1. The Labute approximate surface area is 322 Å². The Morgan fingerprint density at radius 3 is 1.75 bits per heavy atom. The monoisotopic (exact) mass is 832 g/mol. The quantitative estimate of drug-likeness (QED) is 0.0342. The molecule has 0 saturated heterocycles. The molecule has 4 atom stereocenters. The number of nitrogens with one attached hydrogen (secondary N) is 4. The molecule has 4 aromatic carbocycles. The Morgan fingerprint density at radius 2 is 1.11 bits per heavy atom. The summed E-state index contributed by atoms with van der Waals surface area (Å²) in [6.45, 7) is 1.49. The maximum Gasteiger partial charge on any atom is 0.243 e. The van der Waals surface area contributed by atoms with E-state index in [0.29, 0.717) is 6.42 Å². The minimum Gasteiger partial charge on any atom is -0.370 e. The number of rotatable bonds is 18. The fourth-order valence-corrected chi connectivity index (χ4v) is 6.14. The molecule has 10 N–H and O–H groups in total. The molecule has 278 valence electrons. The lowest BCUT2D eigenvalue weighted by molar-refractivity contribution is -0.134. The zero-order valence-electron chi connectivity index (χ0n) is 29.4. The van der Waals surface area contributed by atoms with E-state index in [-0.39, 0.29) is 38.2 Å². The van der Waals surface area contributed by atoms with Crippen LogP contribution in [-0.2, 0) is 43.2 Å². The average molecular weight is 833 g/mol. The first-order valence-electron chi connectivity index (χ1n) is 17.2. The minimum absolute atomic E-state index is 0.0798. The normalized spacial score (nSPS) is 13.1. The summed E-state index contributed by atoms with van der Waals surface area (Å²) in [4.78, 5) is 70.4. The summed E-state index contributed by atoms with van der Waals surface area (Å²) in [6, 6.07) is 25.7. The fourth-order valence-electron chi connectivity index (χ4n) is 5.78. The van der Waals surface area contributed by atoms with Gasteiger partial charge in [-0.3, -0.25) is 29.0 Å². The molecule has 0 saturated carbocycles. The van der Waals surface area contributed by atoms with E-state index >= 15 is 0 Å². The van der Waals surface area contributed by atoms with Crippen molar-refractivity contribution in [1.29, 1.82) is 0 Å². The van der Waals surface area contributed by atoms with Gasteiger partial charge in [0, 0.05) is 36.3 Å². The number of carbonyl (C=O) groups excluding carboxylic acids is 5. The number of primary amides is 1. The van der Waals surface area contributed by atoms with Crippen molar-refractivity contribution in [2.45, 2.75) is 63.2 Å². The van der Waals surface area contributed by atoms with Gasteiger partial charge in [-0.1, -0.05) is 84.9 Å². The van der Waals surface area contributed by atoms with Crippen molar-refractivity contribution in [3.8, 4) is 0 Å². The first kappa shape index (κ1) is 40.3. The Balaban J connectivity index is 1.58. The van der Waals surface area contributed by atoms with E-state index in [9.17, 15) is 24.0 Å². The first-order chi connectivity index (χ1) is 25.4. The lowest BCUT2D eigenvalue weighted by Gasteiger charge is -2.26. The summed E-state index contributed by atoms with van der Waals surface area (Å²) in [5.41, 5.74) is 19.0. The molecule has 13 nitrogen and oxygen atoms in total. The summed E-state index contributed by atoms with van der Waals surface area (Å²) in [5.74, 6) is -3.15. The van der Waals surface area contributed by atoms with Gasteiger partial charge in [-0.05, 0) is 75.0 Å². The predicted octanol–water partition coefficient (Wildman–Crippen LogP) is 1.97. The number of aliphatic imine (C=N–C) groups is 1. The van der Waals surface area contributed by atoms with Gasteiger partial charge in [0.2, 0.25) is 29.5 Å². The predicted molar refractivity (Wildman–Crippen MR) is 213 cm³/mol. The highest BCUT2D eigenvalue weighted by Crippen LogP contribution is 2.17. The molecule has 0 aromatic heterocycles. The summed E-state index contributed by atoms with van der Waals surface area (Å²) in [6.07, 6.45) is 0.799. The number of nitrogens with two attached hydrogens (primary N) is 3. The number of nitrogens with zero attached hydrogens (tertiary/aromatic N) is 1. The van der Waals surface area contributed by atoms with Crippen molar-refractivity contribution >= 4 is 68.9 Å². The van der Waals surface area contributed by atoms with Gasteiger partial charge in [-0.2, -0.15) is 0 Å². The third-order valence-electron chi connectivity index (χ3n) is 8.45. The van der Waals surface area contributed by atoms with E-state index in [0.717, 1.165) is 31.0 Å². The average Bonchev–Trinajstić information content (AvgIpc) is 3.12. The van der Waals surface area contributed by atoms with Gasteiger partial charge < -0.3 is 38.5 Å². The largest absolute Gasteiger partial charge is 0.370 e. The third-order valence-corrected chi connectivity index (χ3v) is 9.17. The van der Waals surface area contributed by atoms with E-state index < -0.39 is 53.7 Å². The molecule has 0 aliphatic heterocycles. The van der Waals surface area contributed by atoms with Crippen LogP contribution in [0.5, 0.6) is 0 Å². The van der Waals surface area contributed by atoms with Gasteiger partial charge >= 0.3 is 0 Å². The number of amides is 5. The number of hydrogen-bond donors (Lipinski definition) is 7. The third kappa shape index (κ3) is 13.2. The topological polar surface area (TPSA) is 224 Å². The van der Waals surface area contributed by atoms with Gasteiger partial charge in [0.15, 0.2) is 5.96 Å². The zero-order chi connectivity index (χ0) is 38.3. The van der Waals surface area contributed by atoms with Gasteiger partial charge in [0.25, 0.3) is 0 Å². The van der Waals surface area contributed by atoms with Crippen LogP contribution in [0.1, 0.15) is 36.5 Å². The van der Waals surface area contributed by atoms with E-state index in [4.69, 9.17) is 17.2 Å². The maximum atomic E-state index is 14.1. The molecule has 0 radical (unpaired) electrons. The highest BCUT2D eigenvalue weighted by molar-refractivity contribution is 14.1. The molecule has 0 fully saturated rings. The Kier molecular flexibility index (Phi) is 15.1. The zero-order valence-corrected chi connectivity index (χ0v) is 31.5. The molecule has 0 aliphatic carbocycles. The van der Waals surface area contributed by atoms with Crippen molar-refractivity contribution in [2.75, 3.05) is 6.54 Å². The number of halogens is 1. The van der Waals surface area contributed by atoms with Crippen LogP contribution in [0.15, 0.2) is 102 Å². The second kappa shape index (κ2) is 19.9. The minimum atomic E-state index is -1.15. The molecule has 4 aromatic rings. The number of hydrogen-bond acceptors (Lipinski definition) is 6. The lowest BCUT2D eigenvalue weighted by Crippen LogP contribution is -2.59. The Hall–Kier alpha value is -5.51. The number of guanidine groups is 1. The highest BCUT2D eigenvalue weighted by atomic mass is 127. The van der Waals surface area contributed by atoms with E-state index in [1.165, 1.54) is 6.92 Å². The number of carbonyl (C=O) groups is 5. The molecule has 5 amide bonds. The number of fused-ring (bicyclic) bond motifs is 1. The summed E-state index contributed by atoms with van der Waals surface area (Å²) in [5, 5.41) is 13.0. The summed E-state index contributed by atoms with van der Waals surface area (Å²) < 4.78 is 0.981. The van der Waals surface area contributed by atoms with Crippen molar-refractivity contribution < 1.29 is 24.0 Å². The van der Waals surface area contributed by atoms with Crippen LogP contribution >= 0.6 is 22.6 Å². The van der Waals surface area contributed by atoms with Crippen LogP contribution in [0, 0.1) is 3.57 Å². The van der Waals surface area contributed by atoms with Gasteiger partial charge in [-0.15, -0.1) is 0 Å². The molecular formula is C39H45IN8O5. The van der Waals surface area contributed by atoms with E-state index in [2.05, 4.69) is 48.9 Å². The second-order valence-corrected chi connectivity index (χ2v) is 13.9. The van der Waals surface area contributed by atoms with Crippen LogP contribution in [0.2, 0.25) is 0 Å². The lowest BCUT2D eigenvalue weighted by atomic mass is 10.00. The molecule has 0 unspecified atom stereocenters. The number of benzene rings is 4. The second-order valence-electron chi connectivity index (χ2n) is 12.7. The van der Waals surface area contributed by atoms with E-state index in [1.807, 2.05) is 97.1 Å². The molecule has 14 heteroatoms. The van der Waals surface area contributed by atoms with Crippen LogP contribution in [-0.4, -0.2) is 66.2 Å². The smallest absolute Gasteiger partial charge is 0.243 e. The molecule has 0 bridgehead atoms. The first-order valence-corrected chi connectivity index (χ1v) is 18.2. The van der Waals surface area contributed by atoms with E-state index in [1.54, 1.807) is 0 Å².